The molecule has 3 heteroatoms. The lowest BCUT2D eigenvalue weighted by molar-refractivity contribution is 0.550. The second-order valence-electron chi connectivity index (χ2n) is 4.45. The third-order valence-electron chi connectivity index (χ3n) is 3.02. The predicted molar refractivity (Wildman–Crippen MR) is 55.4 cm³/mol. The molecule has 2 rings (SSSR count). The van der Waals surface area contributed by atoms with Gasteiger partial charge in [0.1, 0.15) is 11.6 Å². The van der Waals surface area contributed by atoms with Crippen LogP contribution in [0.15, 0.2) is 18.2 Å². The maximum atomic E-state index is 13.2. The summed E-state index contributed by atoms with van der Waals surface area (Å²) in [4.78, 5) is 0. The molecule has 1 aromatic carbocycles. The third kappa shape index (κ3) is 2.75. The zero-order valence-electron chi connectivity index (χ0n) is 8.60. The van der Waals surface area contributed by atoms with Crippen molar-refractivity contribution in [1.82, 2.24) is 0 Å². The highest BCUT2D eigenvalue weighted by Crippen LogP contribution is 2.36. The topological polar surface area (TPSA) is 26.0 Å². The van der Waals surface area contributed by atoms with Gasteiger partial charge in [-0.2, -0.15) is 0 Å². The van der Waals surface area contributed by atoms with Crippen LogP contribution >= 0.6 is 0 Å². The van der Waals surface area contributed by atoms with Crippen LogP contribution in [0.3, 0.4) is 0 Å². The molecule has 0 heterocycles. The lowest BCUT2D eigenvalue weighted by atomic mass is 10.0. The van der Waals surface area contributed by atoms with E-state index in [4.69, 9.17) is 5.73 Å². The summed E-state index contributed by atoms with van der Waals surface area (Å²) in [5.74, 6) is -0.696. The molecular weight excluding hydrogens is 196 g/mol. The summed E-state index contributed by atoms with van der Waals surface area (Å²) in [5.41, 5.74) is 6.37. The Labute approximate surface area is 88.3 Å². The lowest BCUT2D eigenvalue weighted by Gasteiger charge is -2.08. The van der Waals surface area contributed by atoms with Crippen molar-refractivity contribution in [1.29, 1.82) is 0 Å². The molecule has 1 nitrogen and oxygen atoms in total. The molecule has 0 saturated heterocycles. The molecule has 1 aliphatic carbocycles. The van der Waals surface area contributed by atoms with Crippen LogP contribution in [-0.2, 0) is 6.42 Å². The van der Waals surface area contributed by atoms with E-state index in [2.05, 4.69) is 0 Å². The van der Waals surface area contributed by atoms with E-state index in [1.807, 2.05) is 0 Å². The number of hydrogen-bond donors (Lipinski definition) is 1. The molecule has 1 saturated carbocycles. The summed E-state index contributed by atoms with van der Waals surface area (Å²) in [6, 6.07) is 3.59. The average molecular weight is 211 g/mol. The predicted octanol–water partition coefficient (Wildman–Crippen LogP) is 2.78. The summed E-state index contributed by atoms with van der Waals surface area (Å²) < 4.78 is 26.0. The maximum Gasteiger partial charge on any atom is 0.126 e. The summed E-state index contributed by atoms with van der Waals surface area (Å²) in [6.45, 7) is 0. The molecule has 1 fully saturated rings. The normalized spacial score (nSPS) is 17.8. The van der Waals surface area contributed by atoms with Gasteiger partial charge < -0.3 is 5.73 Å². The number of halogens is 2. The van der Waals surface area contributed by atoms with Crippen LogP contribution in [0.2, 0.25) is 0 Å². The summed E-state index contributed by atoms with van der Waals surface area (Å²) >= 11 is 0. The van der Waals surface area contributed by atoms with Crippen LogP contribution in [-0.4, -0.2) is 5.54 Å². The number of rotatable bonds is 4. The number of benzene rings is 1. The van der Waals surface area contributed by atoms with Crippen molar-refractivity contribution < 1.29 is 8.78 Å². The SMILES string of the molecule is NC1(CCCc2cc(F)ccc2F)CC1. The molecule has 2 N–H and O–H groups in total. The Morgan fingerprint density at radius 2 is 2.00 bits per heavy atom. The van der Waals surface area contributed by atoms with E-state index in [1.165, 1.54) is 12.1 Å². The summed E-state index contributed by atoms with van der Waals surface area (Å²) in [5, 5.41) is 0. The van der Waals surface area contributed by atoms with Gasteiger partial charge in [-0.1, -0.05) is 0 Å². The quantitative estimate of drug-likeness (QED) is 0.814. The molecule has 1 aliphatic rings. The summed E-state index contributed by atoms with van der Waals surface area (Å²) in [6.07, 6.45) is 4.44. The van der Waals surface area contributed by atoms with Crippen molar-refractivity contribution in [3.05, 3.63) is 35.4 Å². The van der Waals surface area contributed by atoms with Crippen molar-refractivity contribution in [2.24, 2.45) is 5.73 Å². The second-order valence-corrected chi connectivity index (χ2v) is 4.45. The zero-order valence-corrected chi connectivity index (χ0v) is 8.60. The molecule has 0 aliphatic heterocycles. The number of nitrogens with two attached hydrogens (primary N) is 1. The molecule has 1 aromatic rings. The van der Waals surface area contributed by atoms with Crippen molar-refractivity contribution in [3.8, 4) is 0 Å². The van der Waals surface area contributed by atoms with E-state index < -0.39 is 0 Å². The molecule has 0 atom stereocenters. The van der Waals surface area contributed by atoms with Gasteiger partial charge in [-0.25, -0.2) is 8.78 Å². The van der Waals surface area contributed by atoms with Gasteiger partial charge in [0, 0.05) is 5.54 Å². The van der Waals surface area contributed by atoms with E-state index in [0.717, 1.165) is 31.7 Å². The van der Waals surface area contributed by atoms with Crippen LogP contribution in [0.25, 0.3) is 0 Å². The van der Waals surface area contributed by atoms with Gasteiger partial charge in [-0.15, -0.1) is 0 Å². The van der Waals surface area contributed by atoms with Gasteiger partial charge in [0.25, 0.3) is 0 Å². The Hall–Kier alpha value is -0.960. The Balaban J connectivity index is 1.89. The minimum Gasteiger partial charge on any atom is -0.325 e. The first kappa shape index (κ1) is 10.6. The molecule has 0 spiro atoms. The minimum atomic E-state index is -0.375. The van der Waals surface area contributed by atoms with Gasteiger partial charge in [-0.05, 0) is 55.9 Å². The largest absolute Gasteiger partial charge is 0.325 e. The number of hydrogen-bond acceptors (Lipinski definition) is 1. The average Bonchev–Trinajstić information content (AvgIpc) is 2.90. The van der Waals surface area contributed by atoms with E-state index in [9.17, 15) is 8.78 Å². The fourth-order valence-corrected chi connectivity index (χ4v) is 1.78. The fraction of sp³-hybridized carbons (Fsp3) is 0.500. The first-order chi connectivity index (χ1) is 7.09. The molecule has 82 valence electrons. The molecule has 0 radical (unpaired) electrons. The highest BCUT2D eigenvalue weighted by atomic mass is 19.1. The van der Waals surface area contributed by atoms with E-state index in [0.29, 0.717) is 12.0 Å². The fourth-order valence-electron chi connectivity index (χ4n) is 1.78. The Bertz CT molecular complexity index is 359. The van der Waals surface area contributed by atoms with Gasteiger partial charge in [0.05, 0.1) is 0 Å². The van der Waals surface area contributed by atoms with Gasteiger partial charge >= 0.3 is 0 Å². The van der Waals surface area contributed by atoms with Crippen molar-refractivity contribution in [2.45, 2.75) is 37.6 Å². The van der Waals surface area contributed by atoms with E-state index in [-0.39, 0.29) is 17.2 Å². The number of aryl methyl sites for hydroxylation is 1. The zero-order chi connectivity index (χ0) is 10.9. The minimum absolute atomic E-state index is 0.00377. The van der Waals surface area contributed by atoms with Crippen molar-refractivity contribution >= 4 is 0 Å². The van der Waals surface area contributed by atoms with Gasteiger partial charge in [0.15, 0.2) is 0 Å². The van der Waals surface area contributed by atoms with Crippen LogP contribution in [0.1, 0.15) is 31.2 Å². The Kier molecular flexibility index (Phi) is 2.74. The summed E-state index contributed by atoms with van der Waals surface area (Å²) in [7, 11) is 0. The maximum absolute atomic E-state index is 13.2. The van der Waals surface area contributed by atoms with E-state index in [1.54, 1.807) is 0 Å². The second kappa shape index (κ2) is 3.89. The smallest absolute Gasteiger partial charge is 0.126 e. The molecule has 15 heavy (non-hydrogen) atoms. The Morgan fingerprint density at radius 3 is 2.67 bits per heavy atom. The van der Waals surface area contributed by atoms with Crippen molar-refractivity contribution in [2.75, 3.05) is 0 Å². The third-order valence-corrected chi connectivity index (χ3v) is 3.02. The first-order valence-electron chi connectivity index (χ1n) is 5.32. The molecule has 0 unspecified atom stereocenters. The molecule has 0 amide bonds. The highest BCUT2D eigenvalue weighted by Gasteiger charge is 2.36. The van der Waals surface area contributed by atoms with Crippen molar-refractivity contribution in [3.63, 3.8) is 0 Å². The van der Waals surface area contributed by atoms with Crippen LogP contribution in [0.4, 0.5) is 8.78 Å². The standard InChI is InChI=1S/C12H15F2N/c13-10-3-4-11(14)9(8-10)2-1-5-12(15)6-7-12/h3-4,8H,1-2,5-7,15H2. The van der Waals surface area contributed by atoms with Crippen LogP contribution in [0.5, 0.6) is 0 Å². The van der Waals surface area contributed by atoms with Crippen LogP contribution < -0.4 is 5.73 Å². The monoisotopic (exact) mass is 211 g/mol. The molecule has 0 bridgehead atoms. The van der Waals surface area contributed by atoms with Gasteiger partial charge in [0.2, 0.25) is 0 Å². The molecule has 0 aromatic heterocycles. The Morgan fingerprint density at radius 1 is 1.27 bits per heavy atom. The van der Waals surface area contributed by atoms with Gasteiger partial charge in [-0.3, -0.25) is 0 Å². The van der Waals surface area contributed by atoms with E-state index >= 15 is 0 Å². The highest BCUT2D eigenvalue weighted by molar-refractivity contribution is 5.19. The lowest BCUT2D eigenvalue weighted by Crippen LogP contribution is -2.21. The van der Waals surface area contributed by atoms with Crippen LogP contribution in [0, 0.1) is 11.6 Å². The molecular formula is C12H15F2N. The first-order valence-corrected chi connectivity index (χ1v) is 5.32.